The first-order valence-corrected chi connectivity index (χ1v) is 7.03. The van der Waals surface area contributed by atoms with Gasteiger partial charge in [0.05, 0.1) is 22.6 Å². The summed E-state index contributed by atoms with van der Waals surface area (Å²) in [5, 5.41) is 3.80. The minimum Gasteiger partial charge on any atom is -0.354 e. The third-order valence-corrected chi connectivity index (χ3v) is 3.42. The van der Waals surface area contributed by atoms with Gasteiger partial charge >= 0.3 is 0 Å². The molecule has 4 nitrogen and oxygen atoms in total. The molecule has 0 saturated heterocycles. The summed E-state index contributed by atoms with van der Waals surface area (Å²) < 4.78 is 0. The van der Waals surface area contributed by atoms with E-state index < -0.39 is 0 Å². The van der Waals surface area contributed by atoms with E-state index >= 15 is 0 Å². The molecule has 0 aliphatic heterocycles. The van der Waals surface area contributed by atoms with E-state index in [2.05, 4.69) is 15.3 Å². The number of carbonyl (C=O) groups excluding carboxylic acids is 1. The highest BCUT2D eigenvalue weighted by Crippen LogP contribution is 2.30. The second-order valence-corrected chi connectivity index (χ2v) is 5.03. The van der Waals surface area contributed by atoms with Crippen molar-refractivity contribution in [3.8, 4) is 11.3 Å². The van der Waals surface area contributed by atoms with Gasteiger partial charge in [0.1, 0.15) is 5.69 Å². The predicted octanol–water partition coefficient (Wildman–Crippen LogP) is 4.35. The van der Waals surface area contributed by atoms with Gasteiger partial charge in [-0.2, -0.15) is 0 Å². The van der Waals surface area contributed by atoms with Crippen LogP contribution in [0.15, 0.2) is 60.9 Å². The summed E-state index contributed by atoms with van der Waals surface area (Å²) in [5.41, 5.74) is 3.73. The van der Waals surface area contributed by atoms with E-state index in [1.54, 1.807) is 24.5 Å². The van der Waals surface area contributed by atoms with Crippen molar-refractivity contribution in [2.24, 2.45) is 0 Å². The number of nitrogens with zero attached hydrogens (tertiary/aromatic N) is 2. The maximum Gasteiger partial charge on any atom is 0.168 e. The molecule has 0 unspecified atom stereocenters. The van der Waals surface area contributed by atoms with Crippen LogP contribution >= 0.6 is 11.6 Å². The predicted molar refractivity (Wildman–Crippen MR) is 87.6 cm³/mol. The van der Waals surface area contributed by atoms with E-state index in [4.69, 9.17) is 11.6 Å². The zero-order chi connectivity index (χ0) is 15.4. The van der Waals surface area contributed by atoms with Crippen molar-refractivity contribution in [3.05, 3.63) is 71.6 Å². The van der Waals surface area contributed by atoms with Crippen molar-refractivity contribution in [1.82, 2.24) is 9.97 Å². The summed E-state index contributed by atoms with van der Waals surface area (Å²) in [6, 6.07) is 14.8. The smallest absolute Gasteiger partial charge is 0.168 e. The third-order valence-electron chi connectivity index (χ3n) is 3.11. The maximum atomic E-state index is 10.6. The number of pyridine rings is 2. The molecule has 1 aromatic carbocycles. The van der Waals surface area contributed by atoms with Crippen molar-refractivity contribution in [2.75, 3.05) is 5.32 Å². The molecule has 2 aromatic heterocycles. The molecule has 0 saturated carbocycles. The first-order chi connectivity index (χ1) is 10.8. The molecule has 0 atom stereocenters. The van der Waals surface area contributed by atoms with Crippen LogP contribution in [0.25, 0.3) is 11.3 Å². The number of rotatable bonds is 4. The Morgan fingerprint density at radius 1 is 1.00 bits per heavy atom. The van der Waals surface area contributed by atoms with Crippen LogP contribution in [-0.4, -0.2) is 16.3 Å². The average Bonchev–Trinajstić information content (AvgIpc) is 2.56. The van der Waals surface area contributed by atoms with Crippen molar-refractivity contribution in [1.29, 1.82) is 0 Å². The molecule has 2 heterocycles. The Hall–Kier alpha value is -2.72. The molecule has 3 rings (SSSR count). The van der Waals surface area contributed by atoms with Gasteiger partial charge in [0.25, 0.3) is 0 Å². The Labute approximate surface area is 132 Å². The van der Waals surface area contributed by atoms with Crippen LogP contribution < -0.4 is 5.32 Å². The van der Waals surface area contributed by atoms with Crippen molar-refractivity contribution < 1.29 is 4.79 Å². The quantitative estimate of drug-likeness (QED) is 0.728. The van der Waals surface area contributed by atoms with Crippen LogP contribution in [0.4, 0.5) is 11.4 Å². The highest BCUT2D eigenvalue weighted by atomic mass is 35.5. The fourth-order valence-corrected chi connectivity index (χ4v) is 2.32. The number of hydrogen-bond acceptors (Lipinski definition) is 4. The van der Waals surface area contributed by atoms with Crippen molar-refractivity contribution >= 4 is 29.3 Å². The second-order valence-electron chi connectivity index (χ2n) is 4.62. The van der Waals surface area contributed by atoms with Crippen LogP contribution in [0.5, 0.6) is 0 Å². The van der Waals surface area contributed by atoms with Gasteiger partial charge in [-0.15, -0.1) is 0 Å². The van der Waals surface area contributed by atoms with Gasteiger partial charge in [-0.05, 0) is 42.5 Å². The van der Waals surface area contributed by atoms with Gasteiger partial charge in [0.15, 0.2) is 6.29 Å². The maximum absolute atomic E-state index is 10.6. The van der Waals surface area contributed by atoms with E-state index in [-0.39, 0.29) is 0 Å². The molecule has 108 valence electrons. The standard InChI is InChI=1S/C17H12ClN3O/c18-16-9-12(21-13-4-5-14(11-22)20-10-13)6-7-15(16)17-3-1-2-8-19-17/h1-11,21H. The summed E-state index contributed by atoms with van der Waals surface area (Å²) in [6.07, 6.45) is 4.05. The molecule has 5 heteroatoms. The lowest BCUT2D eigenvalue weighted by Gasteiger charge is -2.09. The second kappa shape index (κ2) is 6.37. The summed E-state index contributed by atoms with van der Waals surface area (Å²) in [7, 11) is 0. The fraction of sp³-hybridized carbons (Fsp3) is 0. The van der Waals surface area contributed by atoms with Crippen LogP contribution in [-0.2, 0) is 0 Å². The van der Waals surface area contributed by atoms with Crippen molar-refractivity contribution in [3.63, 3.8) is 0 Å². The van der Waals surface area contributed by atoms with Crippen LogP contribution in [0, 0.1) is 0 Å². The van der Waals surface area contributed by atoms with Gasteiger partial charge in [-0.25, -0.2) is 0 Å². The molecule has 0 radical (unpaired) electrons. The Kier molecular flexibility index (Phi) is 4.12. The average molecular weight is 310 g/mol. The summed E-state index contributed by atoms with van der Waals surface area (Å²) in [5.74, 6) is 0. The molecule has 22 heavy (non-hydrogen) atoms. The Morgan fingerprint density at radius 3 is 2.50 bits per heavy atom. The lowest BCUT2D eigenvalue weighted by molar-refractivity contribution is 0.111. The molecule has 0 bridgehead atoms. The fourth-order valence-electron chi connectivity index (χ4n) is 2.04. The number of carbonyl (C=O) groups is 1. The third kappa shape index (κ3) is 3.13. The topological polar surface area (TPSA) is 54.9 Å². The van der Waals surface area contributed by atoms with E-state index in [1.807, 2.05) is 36.4 Å². The van der Waals surface area contributed by atoms with Gasteiger partial charge in [-0.1, -0.05) is 17.7 Å². The zero-order valence-electron chi connectivity index (χ0n) is 11.5. The first-order valence-electron chi connectivity index (χ1n) is 6.65. The van der Waals surface area contributed by atoms with Gasteiger partial charge in [0.2, 0.25) is 0 Å². The number of halogens is 1. The number of aromatic nitrogens is 2. The number of hydrogen-bond donors (Lipinski definition) is 1. The van der Waals surface area contributed by atoms with Crippen molar-refractivity contribution in [2.45, 2.75) is 0 Å². The summed E-state index contributed by atoms with van der Waals surface area (Å²) in [6.45, 7) is 0. The molecular weight excluding hydrogens is 298 g/mol. The van der Waals surface area contributed by atoms with E-state index in [9.17, 15) is 4.79 Å². The minimum atomic E-state index is 0.397. The van der Waals surface area contributed by atoms with Gasteiger partial charge in [-0.3, -0.25) is 14.8 Å². The molecule has 0 aliphatic rings. The Balaban J connectivity index is 1.84. The van der Waals surface area contributed by atoms with Crippen LogP contribution in [0.2, 0.25) is 5.02 Å². The van der Waals surface area contributed by atoms with Crippen LogP contribution in [0.3, 0.4) is 0 Å². The molecule has 1 N–H and O–H groups in total. The Bertz CT molecular complexity index is 789. The highest BCUT2D eigenvalue weighted by Gasteiger charge is 2.06. The normalized spacial score (nSPS) is 10.2. The molecule has 0 spiro atoms. The van der Waals surface area contributed by atoms with E-state index in [0.29, 0.717) is 17.0 Å². The highest BCUT2D eigenvalue weighted by molar-refractivity contribution is 6.33. The SMILES string of the molecule is O=Cc1ccc(Nc2ccc(-c3ccccn3)c(Cl)c2)cn1. The number of nitrogens with one attached hydrogen (secondary N) is 1. The largest absolute Gasteiger partial charge is 0.354 e. The lowest BCUT2D eigenvalue weighted by Crippen LogP contribution is -1.93. The monoisotopic (exact) mass is 309 g/mol. The molecule has 3 aromatic rings. The molecule has 0 amide bonds. The van der Waals surface area contributed by atoms with Crippen LogP contribution in [0.1, 0.15) is 10.5 Å². The summed E-state index contributed by atoms with van der Waals surface area (Å²) in [4.78, 5) is 18.9. The minimum absolute atomic E-state index is 0.397. The number of anilines is 2. The zero-order valence-corrected chi connectivity index (χ0v) is 12.3. The number of benzene rings is 1. The van der Waals surface area contributed by atoms with Gasteiger partial charge < -0.3 is 5.32 Å². The molecular formula is C17H12ClN3O. The first kappa shape index (κ1) is 14.2. The summed E-state index contributed by atoms with van der Waals surface area (Å²) >= 11 is 6.34. The molecule has 0 fully saturated rings. The van der Waals surface area contributed by atoms with E-state index in [0.717, 1.165) is 22.6 Å². The molecule has 0 aliphatic carbocycles. The lowest BCUT2D eigenvalue weighted by atomic mass is 10.1. The number of aldehydes is 1. The Morgan fingerprint density at radius 2 is 1.86 bits per heavy atom. The van der Waals surface area contributed by atoms with Gasteiger partial charge in [0, 0.05) is 17.4 Å². The van der Waals surface area contributed by atoms with E-state index in [1.165, 1.54) is 0 Å².